The molecule has 0 aromatic heterocycles. The van der Waals surface area contributed by atoms with Gasteiger partial charge in [-0.1, -0.05) is 12.2 Å². The second-order valence-corrected chi connectivity index (χ2v) is 2.20. The highest BCUT2D eigenvalue weighted by Gasteiger charge is 1.78. The van der Waals surface area contributed by atoms with Crippen LogP contribution in [-0.2, 0) is 0 Å². The maximum absolute atomic E-state index is 5.38. The molecule has 0 saturated carbocycles. The van der Waals surface area contributed by atoms with E-state index in [1.165, 1.54) is 0 Å². The number of hydrogen-bond acceptors (Lipinski definition) is 1. The van der Waals surface area contributed by atoms with E-state index in [2.05, 4.69) is 4.90 Å². The smallest absolute Gasteiger partial charge is 0.0404 e. The molecule has 0 spiro atoms. The zero-order chi connectivity index (χ0) is 6.41. The summed E-state index contributed by atoms with van der Waals surface area (Å²) >= 11 is 5.38. The second-order valence-electron chi connectivity index (χ2n) is 1.89. The molecule has 0 aliphatic heterocycles. The summed E-state index contributed by atoms with van der Waals surface area (Å²) in [5, 5.41) is 0. The lowest BCUT2D eigenvalue weighted by Gasteiger charge is -2.02. The van der Waals surface area contributed by atoms with E-state index in [1.807, 2.05) is 26.2 Å². The van der Waals surface area contributed by atoms with Crippen LogP contribution in [0.4, 0.5) is 0 Å². The fourth-order valence-corrected chi connectivity index (χ4v) is 0.474. The van der Waals surface area contributed by atoms with Gasteiger partial charge in [-0.3, -0.25) is 0 Å². The minimum Gasteiger partial charge on any atom is -0.306 e. The van der Waals surface area contributed by atoms with Gasteiger partial charge in [0, 0.05) is 12.4 Å². The molecule has 0 amide bonds. The van der Waals surface area contributed by atoms with E-state index in [-0.39, 0.29) is 0 Å². The third kappa shape index (κ3) is 5.99. The highest BCUT2D eigenvalue weighted by Crippen LogP contribution is 1.79. The van der Waals surface area contributed by atoms with Gasteiger partial charge < -0.3 is 4.90 Å². The Bertz CT molecular complexity index is 68.9. The number of hydrogen-bond donors (Lipinski definition) is 0. The Morgan fingerprint density at radius 2 is 2.00 bits per heavy atom. The van der Waals surface area contributed by atoms with Crippen molar-refractivity contribution in [2.45, 2.75) is 0 Å². The summed E-state index contributed by atoms with van der Waals surface area (Å²) in [5.41, 5.74) is 0. The number of allylic oxidation sites excluding steroid dienone is 1. The summed E-state index contributed by atoms with van der Waals surface area (Å²) in [4.78, 5) is 2.09. The van der Waals surface area contributed by atoms with Crippen molar-refractivity contribution < 1.29 is 0 Å². The molecule has 0 saturated heterocycles. The van der Waals surface area contributed by atoms with E-state index < -0.39 is 0 Å². The molecular formula is C6H12ClN. The van der Waals surface area contributed by atoms with Gasteiger partial charge in [-0.15, -0.1) is 11.6 Å². The van der Waals surface area contributed by atoms with E-state index in [9.17, 15) is 0 Å². The largest absolute Gasteiger partial charge is 0.306 e. The lowest BCUT2D eigenvalue weighted by atomic mass is 10.5. The van der Waals surface area contributed by atoms with Crippen LogP contribution in [0.3, 0.4) is 0 Å². The first kappa shape index (κ1) is 7.99. The van der Waals surface area contributed by atoms with Crippen molar-refractivity contribution in [3.63, 3.8) is 0 Å². The van der Waals surface area contributed by atoms with Gasteiger partial charge >= 0.3 is 0 Å². The van der Waals surface area contributed by atoms with Crippen molar-refractivity contribution in [2.75, 3.05) is 26.5 Å². The van der Waals surface area contributed by atoms with Crippen LogP contribution in [0.5, 0.6) is 0 Å². The molecule has 0 radical (unpaired) electrons. The van der Waals surface area contributed by atoms with E-state index >= 15 is 0 Å². The van der Waals surface area contributed by atoms with Crippen LogP contribution in [0, 0.1) is 0 Å². The first-order valence-corrected chi connectivity index (χ1v) is 3.16. The van der Waals surface area contributed by atoms with E-state index in [1.54, 1.807) is 0 Å². The van der Waals surface area contributed by atoms with E-state index in [4.69, 9.17) is 11.6 Å². The minimum atomic E-state index is 0.619. The number of nitrogens with zero attached hydrogens (tertiary/aromatic N) is 1. The summed E-state index contributed by atoms with van der Waals surface area (Å²) in [6, 6.07) is 0. The maximum Gasteiger partial charge on any atom is 0.0404 e. The van der Waals surface area contributed by atoms with Gasteiger partial charge in [-0.05, 0) is 14.1 Å². The summed E-state index contributed by atoms with van der Waals surface area (Å²) in [6.07, 6.45) is 3.99. The molecule has 0 N–H and O–H groups in total. The fourth-order valence-electron chi connectivity index (χ4n) is 0.348. The van der Waals surface area contributed by atoms with Gasteiger partial charge in [0.25, 0.3) is 0 Å². The first-order valence-electron chi connectivity index (χ1n) is 2.63. The number of rotatable bonds is 3. The molecule has 0 aliphatic carbocycles. The standard InChI is InChI=1S/C6H12ClN/c1-8(2)6-4-3-5-7/h3-4H,5-6H2,1-2H3. The van der Waals surface area contributed by atoms with Crippen LogP contribution >= 0.6 is 11.6 Å². The van der Waals surface area contributed by atoms with Gasteiger partial charge in [0.1, 0.15) is 0 Å². The van der Waals surface area contributed by atoms with Crippen LogP contribution < -0.4 is 0 Å². The monoisotopic (exact) mass is 133 g/mol. The summed E-state index contributed by atoms with van der Waals surface area (Å²) in [5.74, 6) is 0.619. The Labute approximate surface area is 55.9 Å². The predicted octanol–water partition coefficient (Wildman–Crippen LogP) is 1.34. The molecule has 0 atom stereocenters. The van der Waals surface area contributed by atoms with Crippen LogP contribution in [0.25, 0.3) is 0 Å². The van der Waals surface area contributed by atoms with Crippen molar-refractivity contribution in [1.29, 1.82) is 0 Å². The molecule has 0 aliphatic rings. The summed E-state index contributed by atoms with van der Waals surface area (Å²) < 4.78 is 0. The average Bonchev–Trinajstić information content (AvgIpc) is 1.66. The lowest BCUT2D eigenvalue weighted by Crippen LogP contribution is -2.10. The zero-order valence-electron chi connectivity index (χ0n) is 5.39. The Kier molecular flexibility index (Phi) is 5.13. The molecule has 8 heavy (non-hydrogen) atoms. The molecule has 0 rings (SSSR count). The topological polar surface area (TPSA) is 3.24 Å². The Morgan fingerprint density at radius 1 is 1.38 bits per heavy atom. The summed E-state index contributed by atoms with van der Waals surface area (Å²) in [6.45, 7) is 0.979. The lowest BCUT2D eigenvalue weighted by molar-refractivity contribution is 0.456. The maximum atomic E-state index is 5.38. The highest BCUT2D eigenvalue weighted by atomic mass is 35.5. The van der Waals surface area contributed by atoms with Crippen molar-refractivity contribution in [3.8, 4) is 0 Å². The van der Waals surface area contributed by atoms with Crippen molar-refractivity contribution >= 4 is 11.6 Å². The van der Waals surface area contributed by atoms with Gasteiger partial charge in [0.2, 0.25) is 0 Å². The van der Waals surface area contributed by atoms with Crippen LogP contribution in [0.2, 0.25) is 0 Å². The van der Waals surface area contributed by atoms with Crippen LogP contribution in [-0.4, -0.2) is 31.4 Å². The fraction of sp³-hybridized carbons (Fsp3) is 0.667. The predicted molar refractivity (Wildman–Crippen MR) is 38.4 cm³/mol. The number of likely N-dealkylation sites (N-methyl/N-ethyl adjacent to an activating group) is 1. The third-order valence-corrected chi connectivity index (χ3v) is 0.904. The molecule has 2 heteroatoms. The molecule has 0 bridgehead atoms. The number of alkyl halides is 1. The van der Waals surface area contributed by atoms with E-state index in [0.717, 1.165) is 6.54 Å². The minimum absolute atomic E-state index is 0.619. The molecule has 0 heterocycles. The molecular weight excluding hydrogens is 122 g/mol. The van der Waals surface area contributed by atoms with E-state index in [0.29, 0.717) is 5.88 Å². The molecule has 0 aromatic rings. The number of halogens is 1. The molecule has 0 aromatic carbocycles. The van der Waals surface area contributed by atoms with Crippen molar-refractivity contribution in [3.05, 3.63) is 12.2 Å². The Balaban J connectivity index is 3.03. The molecule has 1 nitrogen and oxygen atoms in total. The van der Waals surface area contributed by atoms with Crippen LogP contribution in [0.15, 0.2) is 12.2 Å². The third-order valence-electron chi connectivity index (χ3n) is 0.726. The van der Waals surface area contributed by atoms with Gasteiger partial charge in [-0.25, -0.2) is 0 Å². The SMILES string of the molecule is CN(C)CC=CCCl. The molecule has 48 valence electrons. The average molecular weight is 134 g/mol. The quantitative estimate of drug-likeness (QED) is 0.415. The second kappa shape index (κ2) is 5.13. The van der Waals surface area contributed by atoms with Gasteiger partial charge in [0.05, 0.1) is 0 Å². The molecule has 0 fully saturated rings. The van der Waals surface area contributed by atoms with Crippen molar-refractivity contribution in [2.24, 2.45) is 0 Å². The van der Waals surface area contributed by atoms with Crippen molar-refractivity contribution in [1.82, 2.24) is 4.90 Å². The zero-order valence-corrected chi connectivity index (χ0v) is 6.15. The van der Waals surface area contributed by atoms with Gasteiger partial charge in [-0.2, -0.15) is 0 Å². The van der Waals surface area contributed by atoms with Gasteiger partial charge in [0.15, 0.2) is 0 Å². The normalized spacial score (nSPS) is 11.5. The Morgan fingerprint density at radius 3 is 2.38 bits per heavy atom. The van der Waals surface area contributed by atoms with Crippen LogP contribution in [0.1, 0.15) is 0 Å². The first-order chi connectivity index (χ1) is 3.77. The summed E-state index contributed by atoms with van der Waals surface area (Å²) in [7, 11) is 4.05. The molecule has 0 unspecified atom stereocenters. The Hall–Kier alpha value is -0.0100. The highest BCUT2D eigenvalue weighted by molar-refractivity contribution is 6.18.